The molecule has 188 valence electrons. The Bertz CT molecular complexity index is 1550. The number of benzene rings is 3. The van der Waals surface area contributed by atoms with Crippen LogP contribution in [0, 0.1) is 17.6 Å². The summed E-state index contributed by atoms with van der Waals surface area (Å²) in [5.41, 5.74) is 3.28. The van der Waals surface area contributed by atoms with Crippen LogP contribution < -0.4 is 4.74 Å². The lowest BCUT2D eigenvalue weighted by Crippen LogP contribution is -2.10. The Kier molecular flexibility index (Phi) is 6.30. The number of para-hydroxylation sites is 1. The van der Waals surface area contributed by atoms with E-state index in [1.165, 1.54) is 6.07 Å². The molecule has 37 heavy (non-hydrogen) atoms. The Morgan fingerprint density at radius 1 is 1.03 bits per heavy atom. The van der Waals surface area contributed by atoms with Crippen molar-refractivity contribution in [3.63, 3.8) is 0 Å². The van der Waals surface area contributed by atoms with Gasteiger partial charge in [0.1, 0.15) is 11.6 Å². The van der Waals surface area contributed by atoms with E-state index in [0.717, 1.165) is 42.0 Å². The van der Waals surface area contributed by atoms with Crippen molar-refractivity contribution in [1.29, 1.82) is 0 Å². The van der Waals surface area contributed by atoms with Gasteiger partial charge in [-0.1, -0.05) is 30.3 Å². The number of nitrogens with zero attached hydrogens (tertiary/aromatic N) is 5. The summed E-state index contributed by atoms with van der Waals surface area (Å²) in [6.45, 7) is 0.907. The van der Waals surface area contributed by atoms with E-state index in [-0.39, 0.29) is 5.38 Å². The molecule has 5 aromatic rings. The van der Waals surface area contributed by atoms with Crippen molar-refractivity contribution in [2.75, 3.05) is 6.61 Å². The van der Waals surface area contributed by atoms with E-state index in [0.29, 0.717) is 47.5 Å². The SMILES string of the molecule is Fc1cc2nc(-c3ccccc3OCC3CCC(Cl)C3)n(Cc3cccc(-c4nn[nH]n4)c3)c2cc1F. The van der Waals surface area contributed by atoms with Gasteiger partial charge in [-0.2, -0.15) is 5.21 Å². The number of nitrogens with one attached hydrogen (secondary N) is 1. The first-order chi connectivity index (χ1) is 18.0. The highest BCUT2D eigenvalue weighted by molar-refractivity contribution is 6.20. The van der Waals surface area contributed by atoms with E-state index in [2.05, 4.69) is 20.6 Å². The molecule has 1 N–H and O–H groups in total. The van der Waals surface area contributed by atoms with Gasteiger partial charge in [-0.25, -0.2) is 13.8 Å². The monoisotopic (exact) mass is 520 g/mol. The molecule has 1 fully saturated rings. The molecule has 2 heterocycles. The Morgan fingerprint density at radius 3 is 2.70 bits per heavy atom. The van der Waals surface area contributed by atoms with Crippen LogP contribution in [-0.2, 0) is 6.54 Å². The van der Waals surface area contributed by atoms with Crippen molar-refractivity contribution < 1.29 is 13.5 Å². The van der Waals surface area contributed by atoms with Crippen molar-refractivity contribution in [2.24, 2.45) is 5.92 Å². The Morgan fingerprint density at radius 2 is 1.89 bits per heavy atom. The molecular weight excluding hydrogens is 498 g/mol. The van der Waals surface area contributed by atoms with E-state index in [1.54, 1.807) is 0 Å². The minimum absolute atomic E-state index is 0.195. The molecule has 2 unspecified atom stereocenters. The maximum atomic E-state index is 14.4. The number of hydrogen-bond acceptors (Lipinski definition) is 5. The zero-order valence-corrected chi connectivity index (χ0v) is 20.5. The van der Waals surface area contributed by atoms with Crippen molar-refractivity contribution in [3.05, 3.63) is 77.9 Å². The zero-order chi connectivity index (χ0) is 25.4. The third-order valence-corrected chi connectivity index (χ3v) is 7.14. The van der Waals surface area contributed by atoms with Gasteiger partial charge < -0.3 is 9.30 Å². The number of hydrogen-bond donors (Lipinski definition) is 1. The summed E-state index contributed by atoms with van der Waals surface area (Å²) in [6.07, 6.45) is 2.95. The van der Waals surface area contributed by atoms with Crippen LogP contribution in [0.4, 0.5) is 8.78 Å². The second-order valence-electron chi connectivity index (χ2n) is 9.30. The van der Waals surface area contributed by atoms with Gasteiger partial charge in [0.2, 0.25) is 5.82 Å². The highest BCUT2D eigenvalue weighted by atomic mass is 35.5. The van der Waals surface area contributed by atoms with E-state index in [9.17, 15) is 8.78 Å². The molecule has 3 aromatic carbocycles. The van der Waals surface area contributed by atoms with E-state index < -0.39 is 11.6 Å². The van der Waals surface area contributed by atoms with E-state index in [4.69, 9.17) is 21.3 Å². The van der Waals surface area contributed by atoms with Crippen LogP contribution in [0.1, 0.15) is 24.8 Å². The van der Waals surface area contributed by atoms with Crippen LogP contribution >= 0.6 is 11.6 Å². The number of rotatable bonds is 7. The Hall–Kier alpha value is -3.85. The minimum atomic E-state index is -0.941. The van der Waals surface area contributed by atoms with Crippen molar-refractivity contribution in [2.45, 2.75) is 31.2 Å². The summed E-state index contributed by atoms with van der Waals surface area (Å²) in [5.74, 6) is 0.216. The van der Waals surface area contributed by atoms with Gasteiger partial charge in [0.05, 0.1) is 23.2 Å². The summed E-state index contributed by atoms with van der Waals surface area (Å²) in [5, 5.41) is 14.4. The largest absolute Gasteiger partial charge is 0.493 e. The Balaban J connectivity index is 1.41. The average molecular weight is 521 g/mol. The summed E-state index contributed by atoms with van der Waals surface area (Å²) in [4.78, 5) is 4.72. The molecule has 6 rings (SSSR count). The number of ether oxygens (including phenoxy) is 1. The van der Waals surface area contributed by atoms with E-state index in [1.807, 2.05) is 53.1 Å². The molecule has 1 aliphatic carbocycles. The predicted molar refractivity (Wildman–Crippen MR) is 136 cm³/mol. The summed E-state index contributed by atoms with van der Waals surface area (Å²) in [6, 6.07) is 17.6. The number of tetrazole rings is 1. The summed E-state index contributed by atoms with van der Waals surface area (Å²) >= 11 is 6.28. The quantitative estimate of drug-likeness (QED) is 0.266. The first-order valence-corrected chi connectivity index (χ1v) is 12.5. The van der Waals surface area contributed by atoms with Crippen molar-refractivity contribution >= 4 is 22.6 Å². The lowest BCUT2D eigenvalue weighted by Gasteiger charge is -2.16. The molecule has 0 aliphatic heterocycles. The standard InChI is InChI=1S/C27H23ClF2N6O/c28-19-9-8-17(11-19)15-37-25-7-2-1-6-20(25)27-31-23-12-21(29)22(30)13-24(23)36(27)14-16-4-3-5-18(10-16)26-32-34-35-33-26/h1-7,10,12-13,17,19H,8-9,11,14-15H2,(H,32,33,34,35). The molecule has 1 saturated carbocycles. The molecule has 0 amide bonds. The van der Waals surface area contributed by atoms with Gasteiger partial charge in [-0.3, -0.25) is 0 Å². The second kappa shape index (κ2) is 9.89. The fraction of sp³-hybridized carbons (Fsp3) is 0.259. The number of halogens is 3. The van der Waals surface area contributed by atoms with E-state index >= 15 is 0 Å². The summed E-state index contributed by atoms with van der Waals surface area (Å²) < 4.78 is 36.6. The number of alkyl halides is 1. The number of H-pyrrole nitrogens is 1. The van der Waals surface area contributed by atoms with Gasteiger partial charge >= 0.3 is 0 Å². The average Bonchev–Trinajstić information content (AvgIpc) is 3.65. The smallest absolute Gasteiger partial charge is 0.204 e. The van der Waals surface area contributed by atoms with Crippen LogP contribution in [0.5, 0.6) is 5.75 Å². The molecule has 0 bridgehead atoms. The van der Waals surface area contributed by atoms with Crippen LogP contribution in [0.15, 0.2) is 60.7 Å². The number of fused-ring (bicyclic) bond motifs is 1. The first kappa shape index (κ1) is 23.5. The van der Waals surface area contributed by atoms with Crippen LogP contribution in [0.2, 0.25) is 0 Å². The number of aromatic amines is 1. The highest BCUT2D eigenvalue weighted by Gasteiger charge is 2.24. The van der Waals surface area contributed by atoms with Crippen LogP contribution in [0.25, 0.3) is 33.8 Å². The third kappa shape index (κ3) is 4.79. The normalized spacial score (nSPS) is 17.5. The lowest BCUT2D eigenvalue weighted by molar-refractivity contribution is 0.253. The zero-order valence-electron chi connectivity index (χ0n) is 19.7. The molecule has 1 aliphatic rings. The molecule has 0 saturated heterocycles. The molecule has 7 nitrogen and oxygen atoms in total. The first-order valence-electron chi connectivity index (χ1n) is 12.1. The summed E-state index contributed by atoms with van der Waals surface area (Å²) in [7, 11) is 0. The van der Waals surface area contributed by atoms with Crippen molar-refractivity contribution in [1.82, 2.24) is 30.2 Å². The van der Waals surface area contributed by atoms with Gasteiger partial charge in [0, 0.05) is 29.6 Å². The van der Waals surface area contributed by atoms with Crippen LogP contribution in [-0.4, -0.2) is 42.2 Å². The Labute approximate surface area is 216 Å². The predicted octanol–water partition coefficient (Wildman–Crippen LogP) is 6.00. The highest BCUT2D eigenvalue weighted by Crippen LogP contribution is 2.35. The van der Waals surface area contributed by atoms with Gasteiger partial charge in [-0.05, 0) is 54.2 Å². The fourth-order valence-electron chi connectivity index (χ4n) is 4.91. The topological polar surface area (TPSA) is 81.5 Å². The number of imidazole rings is 1. The molecule has 0 radical (unpaired) electrons. The fourth-order valence-corrected chi connectivity index (χ4v) is 5.29. The maximum absolute atomic E-state index is 14.4. The molecule has 0 spiro atoms. The second-order valence-corrected chi connectivity index (χ2v) is 9.91. The molecule has 2 aromatic heterocycles. The van der Waals surface area contributed by atoms with Crippen molar-refractivity contribution in [3.8, 4) is 28.5 Å². The van der Waals surface area contributed by atoms with Crippen LogP contribution in [0.3, 0.4) is 0 Å². The number of aromatic nitrogens is 6. The molecule has 2 atom stereocenters. The minimum Gasteiger partial charge on any atom is -0.493 e. The molecular formula is C27H23ClF2N6O. The lowest BCUT2D eigenvalue weighted by atomic mass is 10.1. The van der Waals surface area contributed by atoms with Gasteiger partial charge in [-0.15, -0.1) is 21.8 Å². The maximum Gasteiger partial charge on any atom is 0.204 e. The molecule has 10 heteroatoms. The van der Waals surface area contributed by atoms with Gasteiger partial charge in [0.15, 0.2) is 11.6 Å². The third-order valence-electron chi connectivity index (χ3n) is 6.74. The van der Waals surface area contributed by atoms with Gasteiger partial charge in [0.25, 0.3) is 0 Å².